The van der Waals surface area contributed by atoms with E-state index in [1.807, 2.05) is 6.20 Å². The number of nitrogens with one attached hydrogen (secondary N) is 1. The molecule has 0 fully saturated rings. The maximum absolute atomic E-state index is 3.23. The molecule has 1 unspecified atom stereocenters. The van der Waals surface area contributed by atoms with E-state index < -0.39 is 0 Å². The quantitative estimate of drug-likeness (QED) is 0.665. The van der Waals surface area contributed by atoms with Crippen LogP contribution in [0.2, 0.25) is 0 Å². The Morgan fingerprint density at radius 3 is 3.07 bits per heavy atom. The highest BCUT2D eigenvalue weighted by Crippen LogP contribution is 2.29. The minimum Gasteiger partial charge on any atom is -0.361 e. The zero-order valence-electron chi connectivity index (χ0n) is 8.74. The summed E-state index contributed by atoms with van der Waals surface area (Å²) in [5.74, 6) is 0.637. The lowest BCUT2D eigenvalue weighted by atomic mass is 9.89. The highest BCUT2D eigenvalue weighted by Gasteiger charge is 2.11. The summed E-state index contributed by atoms with van der Waals surface area (Å²) in [6.45, 7) is 0. The Balaban J connectivity index is 2.02. The number of rotatable bonds is 1. The van der Waals surface area contributed by atoms with Crippen LogP contribution in [0.3, 0.4) is 0 Å². The van der Waals surface area contributed by atoms with Gasteiger partial charge in [-0.3, -0.25) is 0 Å². The molecule has 1 N–H and O–H groups in total. The predicted octanol–water partition coefficient (Wildman–Crippen LogP) is 3.99. The van der Waals surface area contributed by atoms with Crippen LogP contribution in [-0.2, 0) is 0 Å². The normalized spacial score (nSPS) is 20.9. The Labute approximate surface area is 89.8 Å². The number of hydrogen-bond donors (Lipinski definition) is 1. The van der Waals surface area contributed by atoms with Crippen LogP contribution in [0, 0.1) is 0 Å². The van der Waals surface area contributed by atoms with E-state index in [1.54, 1.807) is 0 Å². The van der Waals surface area contributed by atoms with Crippen LogP contribution in [0.1, 0.15) is 30.7 Å². The van der Waals surface area contributed by atoms with Gasteiger partial charge in [0.15, 0.2) is 0 Å². The molecule has 1 aliphatic rings. The smallest absolute Gasteiger partial charge is 0.0454 e. The van der Waals surface area contributed by atoms with Gasteiger partial charge >= 0.3 is 0 Å². The number of aromatic amines is 1. The predicted molar refractivity (Wildman–Crippen MR) is 64.0 cm³/mol. The molecule has 3 rings (SSSR count). The molecule has 1 atom stereocenters. The number of aromatic nitrogens is 1. The molecular formula is C14H15N. The Hall–Kier alpha value is -1.50. The van der Waals surface area contributed by atoms with Gasteiger partial charge < -0.3 is 4.98 Å². The lowest BCUT2D eigenvalue weighted by Gasteiger charge is -2.16. The summed E-state index contributed by atoms with van der Waals surface area (Å²) in [7, 11) is 0. The molecule has 1 nitrogen and oxygen atoms in total. The number of allylic oxidation sites excluding steroid dienone is 2. The second-order valence-corrected chi connectivity index (χ2v) is 4.29. The van der Waals surface area contributed by atoms with Crippen LogP contribution in [-0.4, -0.2) is 4.98 Å². The first-order chi connectivity index (χ1) is 7.43. The SMILES string of the molecule is C1=CC(c2ccc3[nH]ccc3c2)CCC1. The van der Waals surface area contributed by atoms with E-state index in [4.69, 9.17) is 0 Å². The molecule has 0 saturated heterocycles. The molecule has 0 aliphatic heterocycles. The molecule has 76 valence electrons. The molecule has 0 amide bonds. The van der Waals surface area contributed by atoms with Gasteiger partial charge in [-0.1, -0.05) is 18.2 Å². The summed E-state index contributed by atoms with van der Waals surface area (Å²) in [6, 6.07) is 8.89. The van der Waals surface area contributed by atoms with Gasteiger partial charge in [-0.2, -0.15) is 0 Å². The third kappa shape index (κ3) is 1.58. The second kappa shape index (κ2) is 3.58. The van der Waals surface area contributed by atoms with Crippen molar-refractivity contribution in [2.75, 3.05) is 0 Å². The number of benzene rings is 1. The molecule has 0 saturated carbocycles. The molecule has 0 bridgehead atoms. The van der Waals surface area contributed by atoms with E-state index in [-0.39, 0.29) is 0 Å². The van der Waals surface area contributed by atoms with Crippen molar-refractivity contribution in [2.45, 2.75) is 25.2 Å². The van der Waals surface area contributed by atoms with Crippen LogP contribution >= 0.6 is 0 Å². The van der Waals surface area contributed by atoms with Crippen molar-refractivity contribution in [3.63, 3.8) is 0 Å². The van der Waals surface area contributed by atoms with Gasteiger partial charge in [0, 0.05) is 17.6 Å². The number of fused-ring (bicyclic) bond motifs is 1. The topological polar surface area (TPSA) is 15.8 Å². The van der Waals surface area contributed by atoms with Crippen molar-refractivity contribution in [1.82, 2.24) is 4.98 Å². The average molecular weight is 197 g/mol. The van der Waals surface area contributed by atoms with Crippen molar-refractivity contribution in [1.29, 1.82) is 0 Å². The fourth-order valence-electron chi connectivity index (χ4n) is 2.39. The van der Waals surface area contributed by atoms with Gasteiger partial charge in [-0.05, 0) is 48.4 Å². The van der Waals surface area contributed by atoms with E-state index in [1.165, 1.54) is 35.7 Å². The van der Waals surface area contributed by atoms with Gasteiger partial charge in [-0.25, -0.2) is 0 Å². The summed E-state index contributed by atoms with van der Waals surface area (Å²) >= 11 is 0. The van der Waals surface area contributed by atoms with Crippen molar-refractivity contribution in [3.8, 4) is 0 Å². The van der Waals surface area contributed by atoms with Crippen molar-refractivity contribution in [3.05, 3.63) is 48.2 Å². The van der Waals surface area contributed by atoms with E-state index >= 15 is 0 Å². The lowest BCUT2D eigenvalue weighted by molar-refractivity contribution is 0.655. The highest BCUT2D eigenvalue weighted by molar-refractivity contribution is 5.80. The maximum atomic E-state index is 3.23. The lowest BCUT2D eigenvalue weighted by Crippen LogP contribution is -1.98. The van der Waals surface area contributed by atoms with E-state index in [0.717, 1.165) is 0 Å². The second-order valence-electron chi connectivity index (χ2n) is 4.29. The first-order valence-corrected chi connectivity index (χ1v) is 5.67. The zero-order valence-corrected chi connectivity index (χ0v) is 8.74. The number of hydrogen-bond acceptors (Lipinski definition) is 0. The minimum atomic E-state index is 0.637. The van der Waals surface area contributed by atoms with Gasteiger partial charge in [0.1, 0.15) is 0 Å². The Morgan fingerprint density at radius 1 is 1.20 bits per heavy atom. The van der Waals surface area contributed by atoms with Crippen LogP contribution in [0.4, 0.5) is 0 Å². The molecule has 0 spiro atoms. The minimum absolute atomic E-state index is 0.637. The van der Waals surface area contributed by atoms with E-state index in [9.17, 15) is 0 Å². The van der Waals surface area contributed by atoms with Crippen LogP contribution in [0.15, 0.2) is 42.6 Å². The van der Waals surface area contributed by atoms with Gasteiger partial charge in [0.25, 0.3) is 0 Å². The molecular weight excluding hydrogens is 182 g/mol. The summed E-state index contributed by atoms with van der Waals surface area (Å²) in [5, 5.41) is 1.33. The van der Waals surface area contributed by atoms with Crippen LogP contribution < -0.4 is 0 Å². The van der Waals surface area contributed by atoms with Crippen molar-refractivity contribution < 1.29 is 0 Å². The molecule has 2 aromatic rings. The Kier molecular flexibility index (Phi) is 2.09. The third-order valence-electron chi connectivity index (χ3n) is 3.26. The summed E-state index contributed by atoms with van der Waals surface area (Å²) in [5.41, 5.74) is 2.69. The molecule has 15 heavy (non-hydrogen) atoms. The van der Waals surface area contributed by atoms with Gasteiger partial charge in [-0.15, -0.1) is 0 Å². The summed E-state index contributed by atoms with van der Waals surface area (Å²) in [4.78, 5) is 3.23. The molecule has 1 aromatic carbocycles. The first kappa shape index (κ1) is 8.78. The van der Waals surface area contributed by atoms with Crippen molar-refractivity contribution in [2.24, 2.45) is 0 Å². The first-order valence-electron chi connectivity index (χ1n) is 5.67. The molecule has 1 heteroatoms. The standard InChI is InChI=1S/C14H15N/c1-2-4-11(5-3-1)12-6-7-14-13(10-12)8-9-15-14/h2,4,6-11,15H,1,3,5H2. The molecule has 0 radical (unpaired) electrons. The fraction of sp³-hybridized carbons (Fsp3) is 0.286. The van der Waals surface area contributed by atoms with Crippen LogP contribution in [0.5, 0.6) is 0 Å². The van der Waals surface area contributed by atoms with E-state index in [0.29, 0.717) is 5.92 Å². The monoisotopic (exact) mass is 197 g/mol. The number of H-pyrrole nitrogens is 1. The summed E-state index contributed by atoms with van der Waals surface area (Å²) < 4.78 is 0. The van der Waals surface area contributed by atoms with Crippen molar-refractivity contribution >= 4 is 10.9 Å². The van der Waals surface area contributed by atoms with E-state index in [2.05, 4.69) is 41.4 Å². The van der Waals surface area contributed by atoms with Gasteiger partial charge in [0.2, 0.25) is 0 Å². The summed E-state index contributed by atoms with van der Waals surface area (Å²) in [6.07, 6.45) is 10.6. The Morgan fingerprint density at radius 2 is 2.20 bits per heavy atom. The fourth-order valence-corrected chi connectivity index (χ4v) is 2.39. The molecule has 1 aliphatic carbocycles. The average Bonchev–Trinajstić information content (AvgIpc) is 2.77. The van der Waals surface area contributed by atoms with Crippen LogP contribution in [0.25, 0.3) is 10.9 Å². The molecule has 1 aromatic heterocycles. The zero-order chi connectivity index (χ0) is 10.1. The van der Waals surface area contributed by atoms with Gasteiger partial charge in [0.05, 0.1) is 0 Å². The largest absolute Gasteiger partial charge is 0.361 e. The highest BCUT2D eigenvalue weighted by atomic mass is 14.7. The third-order valence-corrected chi connectivity index (χ3v) is 3.26. The molecule has 1 heterocycles. The Bertz CT molecular complexity index is 493. The maximum Gasteiger partial charge on any atom is 0.0454 e.